The topological polar surface area (TPSA) is 120 Å². The summed E-state index contributed by atoms with van der Waals surface area (Å²) in [6.07, 6.45) is 2.15. The van der Waals surface area contributed by atoms with E-state index in [-0.39, 0.29) is 16.3 Å². The molecule has 2 heterocycles. The Morgan fingerprint density at radius 3 is 2.57 bits per heavy atom. The maximum absolute atomic E-state index is 13.1. The SMILES string of the molecule is Cn1nnc(C(=O)/C=C(\O)c2cn(S(=O)(=O)c3ccccc3)c3ccc(Cl)cc23)n1. The quantitative estimate of drug-likeness (QED) is 0.286. The van der Waals surface area contributed by atoms with Gasteiger partial charge in [-0.1, -0.05) is 29.8 Å². The molecule has 0 fully saturated rings. The molecule has 4 aromatic rings. The largest absolute Gasteiger partial charge is 0.507 e. The number of hydrogen-bond donors (Lipinski definition) is 1. The molecule has 11 heteroatoms. The molecule has 0 saturated heterocycles. The second kappa shape index (κ2) is 7.39. The molecular formula is C19H14ClN5O4S. The van der Waals surface area contributed by atoms with Gasteiger partial charge in [-0.25, -0.2) is 12.4 Å². The highest BCUT2D eigenvalue weighted by Gasteiger charge is 2.23. The average Bonchev–Trinajstić information content (AvgIpc) is 3.32. The van der Waals surface area contributed by atoms with Crippen molar-refractivity contribution in [3.63, 3.8) is 0 Å². The summed E-state index contributed by atoms with van der Waals surface area (Å²) in [5, 5.41) is 22.3. The lowest BCUT2D eigenvalue weighted by molar-refractivity contribution is 0.103. The molecule has 0 bridgehead atoms. The van der Waals surface area contributed by atoms with Gasteiger partial charge in [0.2, 0.25) is 11.6 Å². The highest BCUT2D eigenvalue weighted by molar-refractivity contribution is 7.90. The minimum absolute atomic E-state index is 0.0757. The van der Waals surface area contributed by atoms with Gasteiger partial charge in [0.05, 0.1) is 17.5 Å². The fourth-order valence-corrected chi connectivity index (χ4v) is 4.49. The number of nitrogens with zero attached hydrogens (tertiary/aromatic N) is 5. The van der Waals surface area contributed by atoms with Crippen LogP contribution in [0.15, 0.2) is 65.7 Å². The van der Waals surface area contributed by atoms with Crippen LogP contribution in [-0.4, -0.2) is 43.5 Å². The van der Waals surface area contributed by atoms with E-state index in [0.29, 0.717) is 15.9 Å². The Labute approximate surface area is 175 Å². The van der Waals surface area contributed by atoms with Crippen LogP contribution < -0.4 is 0 Å². The van der Waals surface area contributed by atoms with Crippen LogP contribution in [0.25, 0.3) is 16.7 Å². The van der Waals surface area contributed by atoms with Gasteiger partial charge in [-0.2, -0.15) is 4.80 Å². The number of allylic oxidation sites excluding steroid dienone is 1. The first-order chi connectivity index (χ1) is 14.3. The van der Waals surface area contributed by atoms with Crippen LogP contribution in [0, 0.1) is 0 Å². The van der Waals surface area contributed by atoms with Gasteiger partial charge in [-0.3, -0.25) is 4.79 Å². The zero-order valence-corrected chi connectivity index (χ0v) is 17.0. The minimum atomic E-state index is -3.96. The third kappa shape index (κ3) is 3.46. The lowest BCUT2D eigenvalue weighted by Gasteiger charge is -2.07. The number of aliphatic hydroxyl groups is 1. The van der Waals surface area contributed by atoms with Gasteiger partial charge >= 0.3 is 0 Å². The Kier molecular flexibility index (Phi) is 4.88. The maximum Gasteiger partial charge on any atom is 0.268 e. The molecule has 2 aromatic heterocycles. The van der Waals surface area contributed by atoms with Crippen molar-refractivity contribution in [3.8, 4) is 0 Å². The molecule has 152 valence electrons. The summed E-state index contributed by atoms with van der Waals surface area (Å²) < 4.78 is 27.3. The zero-order valence-electron chi connectivity index (χ0n) is 15.5. The monoisotopic (exact) mass is 443 g/mol. The number of ketones is 1. The molecule has 0 aliphatic heterocycles. The molecule has 0 atom stereocenters. The molecule has 0 radical (unpaired) electrons. The van der Waals surface area contributed by atoms with E-state index in [4.69, 9.17) is 11.6 Å². The van der Waals surface area contributed by atoms with Crippen LogP contribution >= 0.6 is 11.6 Å². The van der Waals surface area contributed by atoms with E-state index >= 15 is 0 Å². The first kappa shape index (κ1) is 19.8. The number of tetrazole rings is 1. The van der Waals surface area contributed by atoms with Crippen molar-refractivity contribution in [2.75, 3.05) is 0 Å². The maximum atomic E-state index is 13.1. The highest BCUT2D eigenvalue weighted by Crippen LogP contribution is 2.31. The van der Waals surface area contributed by atoms with Crippen LogP contribution in [0.2, 0.25) is 5.02 Å². The molecule has 0 spiro atoms. The summed E-state index contributed by atoms with van der Waals surface area (Å²) in [7, 11) is -2.46. The van der Waals surface area contributed by atoms with E-state index in [1.165, 1.54) is 37.5 Å². The first-order valence-electron chi connectivity index (χ1n) is 8.58. The molecule has 0 aliphatic carbocycles. The summed E-state index contributed by atoms with van der Waals surface area (Å²) in [5.41, 5.74) is 0.410. The molecule has 9 nitrogen and oxygen atoms in total. The second-order valence-electron chi connectivity index (χ2n) is 6.31. The van der Waals surface area contributed by atoms with Crippen LogP contribution in [0.4, 0.5) is 0 Å². The van der Waals surface area contributed by atoms with Crippen molar-refractivity contribution < 1.29 is 18.3 Å². The Morgan fingerprint density at radius 2 is 1.90 bits per heavy atom. The average molecular weight is 444 g/mol. The lowest BCUT2D eigenvalue weighted by atomic mass is 10.1. The summed E-state index contributed by atoms with van der Waals surface area (Å²) in [6, 6.07) is 12.4. The standard InChI is InChI=1S/C19H14ClN5O4S/c1-24-22-19(21-23-24)18(27)10-17(26)15-11-25(16-8-7-12(20)9-14(15)16)30(28,29)13-5-3-2-4-6-13/h2-11,26H,1H3/b17-10-. The summed E-state index contributed by atoms with van der Waals surface area (Å²) in [4.78, 5) is 13.5. The van der Waals surface area contributed by atoms with Crippen LogP contribution in [0.1, 0.15) is 16.2 Å². The number of benzene rings is 2. The van der Waals surface area contributed by atoms with Gasteiger partial charge in [-0.15, -0.1) is 10.2 Å². The number of fused-ring (bicyclic) bond motifs is 1. The Morgan fingerprint density at radius 1 is 1.17 bits per heavy atom. The van der Waals surface area contributed by atoms with Crippen molar-refractivity contribution in [1.29, 1.82) is 0 Å². The van der Waals surface area contributed by atoms with E-state index in [2.05, 4.69) is 15.4 Å². The van der Waals surface area contributed by atoms with Crippen molar-refractivity contribution in [3.05, 3.63) is 77.2 Å². The number of carbonyl (C=O) groups excluding carboxylic acids is 1. The van der Waals surface area contributed by atoms with E-state index in [9.17, 15) is 18.3 Å². The van der Waals surface area contributed by atoms with Crippen LogP contribution in [0.3, 0.4) is 0 Å². The van der Waals surface area contributed by atoms with E-state index in [1.807, 2.05) is 0 Å². The van der Waals surface area contributed by atoms with Gasteiger partial charge in [0.1, 0.15) is 5.76 Å². The third-order valence-electron chi connectivity index (χ3n) is 4.31. The van der Waals surface area contributed by atoms with Crippen LogP contribution in [0.5, 0.6) is 0 Å². The van der Waals surface area contributed by atoms with E-state index in [1.54, 1.807) is 24.3 Å². The van der Waals surface area contributed by atoms with Gasteiger partial charge in [-0.05, 0) is 35.5 Å². The highest BCUT2D eigenvalue weighted by atomic mass is 35.5. The van der Waals surface area contributed by atoms with Gasteiger partial charge in [0.25, 0.3) is 10.0 Å². The fraction of sp³-hybridized carbons (Fsp3) is 0.0526. The number of rotatable bonds is 5. The number of aryl methyl sites for hydroxylation is 1. The number of aliphatic hydroxyl groups excluding tert-OH is 1. The minimum Gasteiger partial charge on any atom is -0.507 e. The molecular weight excluding hydrogens is 430 g/mol. The number of carbonyl (C=O) groups is 1. The molecule has 0 aliphatic rings. The van der Waals surface area contributed by atoms with Crippen molar-refractivity contribution in [1.82, 2.24) is 24.2 Å². The first-order valence-corrected chi connectivity index (χ1v) is 10.4. The number of halogens is 1. The predicted octanol–water partition coefficient (Wildman–Crippen LogP) is 2.84. The van der Waals surface area contributed by atoms with E-state index < -0.39 is 21.6 Å². The molecule has 30 heavy (non-hydrogen) atoms. The Balaban J connectivity index is 1.88. The normalized spacial score (nSPS) is 12.4. The smallest absolute Gasteiger partial charge is 0.268 e. The number of hydrogen-bond acceptors (Lipinski definition) is 7. The summed E-state index contributed by atoms with van der Waals surface area (Å²) in [5.74, 6) is -1.35. The molecule has 0 unspecified atom stereocenters. The molecule has 1 N–H and O–H groups in total. The molecule has 0 amide bonds. The molecule has 0 saturated carbocycles. The fourth-order valence-electron chi connectivity index (χ4n) is 2.93. The van der Waals surface area contributed by atoms with E-state index in [0.717, 1.165) is 14.8 Å². The number of aromatic nitrogens is 5. The molecule has 2 aromatic carbocycles. The third-order valence-corrected chi connectivity index (χ3v) is 6.23. The predicted molar refractivity (Wildman–Crippen MR) is 110 cm³/mol. The van der Waals surface area contributed by atoms with Crippen molar-refractivity contribution in [2.45, 2.75) is 4.90 Å². The summed E-state index contributed by atoms with van der Waals surface area (Å²) >= 11 is 6.08. The zero-order chi connectivity index (χ0) is 21.5. The van der Waals surface area contributed by atoms with Crippen molar-refractivity contribution >= 4 is 44.1 Å². The van der Waals surface area contributed by atoms with Gasteiger partial charge in [0, 0.05) is 28.2 Å². The molecule has 4 rings (SSSR count). The van der Waals surface area contributed by atoms with Crippen molar-refractivity contribution in [2.24, 2.45) is 7.05 Å². The Bertz CT molecular complexity index is 1410. The van der Waals surface area contributed by atoms with Gasteiger partial charge in [0.15, 0.2) is 0 Å². The second-order valence-corrected chi connectivity index (χ2v) is 8.57. The summed E-state index contributed by atoms with van der Waals surface area (Å²) in [6.45, 7) is 0. The van der Waals surface area contributed by atoms with Crippen LogP contribution in [-0.2, 0) is 17.1 Å². The van der Waals surface area contributed by atoms with Gasteiger partial charge < -0.3 is 5.11 Å². The lowest BCUT2D eigenvalue weighted by Crippen LogP contribution is -2.11. The Hall–Kier alpha value is -3.50.